The highest BCUT2D eigenvalue weighted by Crippen LogP contribution is 2.26. The van der Waals surface area contributed by atoms with Crippen molar-refractivity contribution < 1.29 is 13.7 Å². The summed E-state index contributed by atoms with van der Waals surface area (Å²) in [5, 5.41) is 24.1. The molecule has 1 atom stereocenters. The molecule has 4 aromatic rings. The first kappa shape index (κ1) is 22.2. The van der Waals surface area contributed by atoms with E-state index < -0.39 is 11.7 Å². The van der Waals surface area contributed by atoms with Crippen LogP contribution in [0.3, 0.4) is 0 Å². The molecule has 0 aliphatic heterocycles. The summed E-state index contributed by atoms with van der Waals surface area (Å²) in [6.45, 7) is 4.01. The Balaban J connectivity index is 1.41. The number of nitrogens with zero attached hydrogens (tertiary/aromatic N) is 7. The zero-order chi connectivity index (χ0) is 23.7. The van der Waals surface area contributed by atoms with E-state index in [2.05, 4.69) is 25.7 Å². The smallest absolute Gasteiger partial charge is 0.292 e. The molecule has 0 aliphatic carbocycles. The average Bonchev–Trinajstić information content (AvgIpc) is 3.48. The van der Waals surface area contributed by atoms with E-state index in [1.165, 1.54) is 12.1 Å². The second kappa shape index (κ2) is 8.84. The van der Waals surface area contributed by atoms with Crippen molar-refractivity contribution in [1.29, 1.82) is 5.26 Å². The van der Waals surface area contributed by atoms with Gasteiger partial charge in [0.25, 0.3) is 17.6 Å². The number of hydrogen-bond acceptors (Lipinski definition) is 7. The summed E-state index contributed by atoms with van der Waals surface area (Å²) >= 11 is 5.97. The van der Waals surface area contributed by atoms with Crippen molar-refractivity contribution in [3.05, 3.63) is 58.4 Å². The molecule has 1 N–H and O–H groups in total. The zero-order valence-electron chi connectivity index (χ0n) is 17.9. The van der Waals surface area contributed by atoms with Crippen molar-refractivity contribution in [2.24, 2.45) is 7.05 Å². The summed E-state index contributed by atoms with van der Waals surface area (Å²) < 4.78 is 22.5. The molecule has 3 aromatic heterocycles. The lowest BCUT2D eigenvalue weighted by Crippen LogP contribution is -2.36. The fourth-order valence-electron chi connectivity index (χ4n) is 3.14. The predicted molar refractivity (Wildman–Crippen MR) is 116 cm³/mol. The number of halogens is 2. The van der Waals surface area contributed by atoms with Crippen LogP contribution in [0.2, 0.25) is 5.02 Å². The number of aryl methyl sites for hydroxylation is 2. The van der Waals surface area contributed by atoms with Crippen molar-refractivity contribution in [3.8, 4) is 28.9 Å². The van der Waals surface area contributed by atoms with Gasteiger partial charge in [-0.05, 0) is 38.1 Å². The van der Waals surface area contributed by atoms with Crippen LogP contribution in [0.5, 0.6) is 0 Å². The highest BCUT2D eigenvalue weighted by Gasteiger charge is 2.20. The molecule has 0 saturated heterocycles. The summed E-state index contributed by atoms with van der Waals surface area (Å²) in [5.41, 5.74) is 2.10. The molecule has 12 heteroatoms. The van der Waals surface area contributed by atoms with Crippen molar-refractivity contribution in [1.82, 2.24) is 35.0 Å². The van der Waals surface area contributed by atoms with Crippen LogP contribution in [-0.2, 0) is 13.6 Å². The molecule has 4 rings (SSSR count). The van der Waals surface area contributed by atoms with E-state index >= 15 is 0 Å². The highest BCUT2D eigenvalue weighted by molar-refractivity contribution is 6.32. The molecule has 0 fully saturated rings. The van der Waals surface area contributed by atoms with Gasteiger partial charge in [-0.2, -0.15) is 20.4 Å². The first-order valence-electron chi connectivity index (χ1n) is 9.83. The second-order valence-corrected chi connectivity index (χ2v) is 7.85. The summed E-state index contributed by atoms with van der Waals surface area (Å²) in [6.07, 6.45) is 1.69. The largest absolute Gasteiger partial charge is 0.345 e. The Hall–Kier alpha value is -4.04. The fraction of sp³-hybridized carbons (Fsp3) is 0.238. The van der Waals surface area contributed by atoms with Crippen LogP contribution in [-0.4, -0.2) is 41.7 Å². The predicted octanol–water partition coefficient (Wildman–Crippen LogP) is 3.12. The van der Waals surface area contributed by atoms with E-state index in [4.69, 9.17) is 21.4 Å². The molecule has 0 aliphatic rings. The van der Waals surface area contributed by atoms with Crippen LogP contribution in [0.4, 0.5) is 4.39 Å². The normalized spacial score (nSPS) is 11.9. The third-order valence-electron chi connectivity index (χ3n) is 4.89. The van der Waals surface area contributed by atoms with E-state index in [-0.39, 0.29) is 28.3 Å². The Labute approximate surface area is 192 Å². The molecule has 0 bridgehead atoms. The van der Waals surface area contributed by atoms with Crippen LogP contribution in [0.1, 0.15) is 28.8 Å². The third-order valence-corrected chi connectivity index (χ3v) is 5.19. The first-order chi connectivity index (χ1) is 15.7. The van der Waals surface area contributed by atoms with Crippen molar-refractivity contribution in [2.75, 3.05) is 0 Å². The molecule has 1 amide bonds. The number of amides is 1. The van der Waals surface area contributed by atoms with E-state index in [0.717, 1.165) is 5.69 Å². The summed E-state index contributed by atoms with van der Waals surface area (Å²) in [4.78, 5) is 16.6. The SMILES string of the molecule is Cc1cc(-c2nc(C(=O)NC(C)Cn3ccc(-c4cc(F)c(C#N)c(Cl)c4)n3)no2)nn1C. The lowest BCUT2D eigenvalue weighted by molar-refractivity contribution is 0.0922. The lowest BCUT2D eigenvalue weighted by atomic mass is 10.1. The van der Waals surface area contributed by atoms with Gasteiger partial charge in [0, 0.05) is 30.5 Å². The van der Waals surface area contributed by atoms with Gasteiger partial charge < -0.3 is 9.84 Å². The molecule has 0 radical (unpaired) electrons. The van der Waals surface area contributed by atoms with Gasteiger partial charge in [-0.25, -0.2) is 4.39 Å². The van der Waals surface area contributed by atoms with Crippen molar-refractivity contribution in [3.63, 3.8) is 0 Å². The number of hydrogen-bond donors (Lipinski definition) is 1. The maximum absolute atomic E-state index is 14.0. The van der Waals surface area contributed by atoms with Gasteiger partial charge in [-0.3, -0.25) is 14.2 Å². The number of carbonyl (C=O) groups is 1. The maximum atomic E-state index is 14.0. The number of aromatic nitrogens is 6. The molecule has 1 unspecified atom stereocenters. The van der Waals surface area contributed by atoms with Gasteiger partial charge >= 0.3 is 0 Å². The molecule has 0 saturated carbocycles. The van der Waals surface area contributed by atoms with Crippen molar-refractivity contribution in [2.45, 2.75) is 26.4 Å². The minimum absolute atomic E-state index is 0.0167. The zero-order valence-corrected chi connectivity index (χ0v) is 18.6. The summed E-state index contributed by atoms with van der Waals surface area (Å²) in [5.74, 6) is -1.17. The topological polar surface area (TPSA) is 127 Å². The average molecular weight is 469 g/mol. The number of nitrogens with one attached hydrogen (secondary N) is 1. The van der Waals surface area contributed by atoms with E-state index in [0.29, 0.717) is 23.5 Å². The number of nitriles is 1. The molecule has 10 nitrogen and oxygen atoms in total. The maximum Gasteiger partial charge on any atom is 0.292 e. The Morgan fingerprint density at radius 3 is 2.79 bits per heavy atom. The van der Waals surface area contributed by atoms with Crippen LogP contribution < -0.4 is 5.32 Å². The minimum Gasteiger partial charge on any atom is -0.345 e. The highest BCUT2D eigenvalue weighted by atomic mass is 35.5. The van der Waals surface area contributed by atoms with Crippen molar-refractivity contribution >= 4 is 17.5 Å². The van der Waals surface area contributed by atoms with Gasteiger partial charge in [-0.15, -0.1) is 0 Å². The number of benzene rings is 1. The Morgan fingerprint density at radius 2 is 2.12 bits per heavy atom. The quantitative estimate of drug-likeness (QED) is 0.460. The molecule has 33 heavy (non-hydrogen) atoms. The van der Waals surface area contributed by atoms with Crippen LogP contribution in [0.25, 0.3) is 22.8 Å². The summed E-state index contributed by atoms with van der Waals surface area (Å²) in [7, 11) is 1.79. The monoisotopic (exact) mass is 468 g/mol. The van der Waals surface area contributed by atoms with Gasteiger partial charge in [-0.1, -0.05) is 16.8 Å². The molecular weight excluding hydrogens is 451 g/mol. The fourth-order valence-corrected chi connectivity index (χ4v) is 3.39. The molecule has 0 spiro atoms. The molecule has 3 heterocycles. The lowest BCUT2D eigenvalue weighted by Gasteiger charge is -2.12. The Morgan fingerprint density at radius 1 is 1.33 bits per heavy atom. The Kier molecular flexibility index (Phi) is 5.93. The van der Waals surface area contributed by atoms with Gasteiger partial charge in [0.2, 0.25) is 0 Å². The van der Waals surface area contributed by atoms with Crippen LogP contribution >= 0.6 is 11.6 Å². The summed E-state index contributed by atoms with van der Waals surface area (Å²) in [6, 6.07) is 7.55. The minimum atomic E-state index is -0.712. The van der Waals surface area contributed by atoms with Crippen LogP contribution in [0, 0.1) is 24.1 Å². The second-order valence-electron chi connectivity index (χ2n) is 7.44. The van der Waals surface area contributed by atoms with E-state index in [9.17, 15) is 9.18 Å². The van der Waals surface area contributed by atoms with Crippen LogP contribution in [0.15, 0.2) is 35.0 Å². The Bertz CT molecular complexity index is 1340. The third kappa shape index (κ3) is 4.61. The van der Waals surface area contributed by atoms with E-state index in [1.54, 1.807) is 47.7 Å². The molecular formula is C21H18ClFN8O2. The molecule has 1 aromatic carbocycles. The standard InChI is InChI=1S/C21H18ClFN8O2/c1-11(25-20(32)19-26-21(33-29-19)18-6-12(2)30(3)27-18)10-31-5-4-17(28-31)13-7-15(22)14(9-24)16(23)8-13/h4-8,11H,10H2,1-3H3,(H,25,32). The van der Waals surface area contributed by atoms with Gasteiger partial charge in [0.05, 0.1) is 17.3 Å². The first-order valence-corrected chi connectivity index (χ1v) is 10.2. The van der Waals surface area contributed by atoms with E-state index in [1.807, 2.05) is 6.92 Å². The molecule has 168 valence electrons. The van der Waals surface area contributed by atoms with Gasteiger partial charge in [0.15, 0.2) is 5.69 Å². The number of rotatable bonds is 6. The van der Waals surface area contributed by atoms with Gasteiger partial charge in [0.1, 0.15) is 17.4 Å². The number of carbonyl (C=O) groups excluding carboxylic acids is 1.